The molecule has 0 fully saturated rings. The van der Waals surface area contributed by atoms with Gasteiger partial charge >= 0.3 is 0 Å². The fourth-order valence-electron chi connectivity index (χ4n) is 1.98. The van der Waals surface area contributed by atoms with Crippen molar-refractivity contribution < 1.29 is 13.5 Å². The van der Waals surface area contributed by atoms with Gasteiger partial charge in [0.15, 0.2) is 5.82 Å². The van der Waals surface area contributed by atoms with Crippen molar-refractivity contribution in [2.24, 2.45) is 7.05 Å². The molecule has 0 unspecified atom stereocenters. The smallest absolute Gasteiger partial charge is 0.242 e. The van der Waals surface area contributed by atoms with Gasteiger partial charge in [-0.15, -0.1) is 0 Å². The second-order valence-electron chi connectivity index (χ2n) is 4.59. The zero-order valence-electron chi connectivity index (χ0n) is 12.0. The molecule has 0 aliphatic rings. The van der Waals surface area contributed by atoms with Crippen molar-refractivity contribution in [2.75, 3.05) is 6.54 Å². The lowest BCUT2D eigenvalue weighted by Crippen LogP contribution is -2.26. The Kier molecular flexibility index (Phi) is 4.76. The molecule has 0 aliphatic heterocycles. The summed E-state index contributed by atoms with van der Waals surface area (Å²) in [5.74, 6) is 0.586. The molecule has 8 nitrogen and oxygen atoms in total. The highest BCUT2D eigenvalue weighted by Gasteiger charge is 2.17. The largest absolute Gasteiger partial charge is 0.390 e. The molecule has 2 heterocycles. The molecule has 0 aromatic carbocycles. The summed E-state index contributed by atoms with van der Waals surface area (Å²) in [6, 6.07) is 1.48. The molecule has 0 saturated heterocycles. The number of hydrogen-bond acceptors (Lipinski definition) is 5. The third kappa shape index (κ3) is 3.69. The number of hydrogen-bond donors (Lipinski definition) is 2. The van der Waals surface area contributed by atoms with Crippen molar-refractivity contribution in [3.05, 3.63) is 30.1 Å². The van der Waals surface area contributed by atoms with Crippen LogP contribution in [0.1, 0.15) is 18.4 Å². The zero-order chi connectivity index (χ0) is 15.5. The second-order valence-corrected chi connectivity index (χ2v) is 6.36. The van der Waals surface area contributed by atoms with Gasteiger partial charge in [0.05, 0.1) is 11.5 Å². The summed E-state index contributed by atoms with van der Waals surface area (Å²) >= 11 is 0. The van der Waals surface area contributed by atoms with E-state index in [0.717, 1.165) is 0 Å². The van der Waals surface area contributed by atoms with Gasteiger partial charge in [-0.05, 0) is 13.0 Å². The first-order valence-corrected chi connectivity index (χ1v) is 8.08. The number of nitrogens with zero attached hydrogens (tertiary/aromatic N) is 4. The molecule has 0 radical (unpaired) electrons. The molecular weight excluding hydrogens is 294 g/mol. The summed E-state index contributed by atoms with van der Waals surface area (Å²) in [5.41, 5.74) is 0.573. The predicted molar refractivity (Wildman–Crippen MR) is 75.9 cm³/mol. The first-order valence-electron chi connectivity index (χ1n) is 6.60. The molecule has 0 amide bonds. The fourth-order valence-corrected chi connectivity index (χ4v) is 3.07. The first-order chi connectivity index (χ1) is 9.96. The second kappa shape index (κ2) is 6.37. The minimum absolute atomic E-state index is 0.155. The maximum Gasteiger partial charge on any atom is 0.242 e. The maximum absolute atomic E-state index is 12.2. The van der Waals surface area contributed by atoms with Crippen LogP contribution in [0.4, 0.5) is 0 Å². The van der Waals surface area contributed by atoms with Crippen LogP contribution >= 0.6 is 0 Å². The van der Waals surface area contributed by atoms with Crippen molar-refractivity contribution in [2.45, 2.75) is 31.4 Å². The Bertz CT molecular complexity index is 683. The molecule has 2 N–H and O–H groups in total. The van der Waals surface area contributed by atoms with E-state index in [1.54, 1.807) is 22.6 Å². The Morgan fingerprint density at radius 1 is 1.43 bits per heavy atom. The molecule has 2 rings (SSSR count). The SMILES string of the molecule is CCn1cc(S(=O)(=O)NCCc2ncn(C)n2)cc1CO. The molecule has 0 atom stereocenters. The van der Waals surface area contributed by atoms with E-state index >= 15 is 0 Å². The number of sulfonamides is 1. The van der Waals surface area contributed by atoms with Crippen LogP contribution in [-0.4, -0.2) is 39.4 Å². The number of rotatable bonds is 7. The summed E-state index contributed by atoms with van der Waals surface area (Å²) in [4.78, 5) is 4.19. The van der Waals surface area contributed by atoms with Gasteiger partial charge in [-0.3, -0.25) is 4.68 Å². The van der Waals surface area contributed by atoms with E-state index in [4.69, 9.17) is 0 Å². The normalized spacial score (nSPS) is 12.0. The van der Waals surface area contributed by atoms with Gasteiger partial charge in [0.2, 0.25) is 10.0 Å². The molecular formula is C12H19N5O3S. The average molecular weight is 313 g/mol. The third-order valence-electron chi connectivity index (χ3n) is 3.06. The van der Waals surface area contributed by atoms with Crippen molar-refractivity contribution in [1.29, 1.82) is 0 Å². The van der Waals surface area contributed by atoms with Crippen LogP contribution in [0.5, 0.6) is 0 Å². The Hall–Kier alpha value is -1.71. The number of aliphatic hydroxyl groups excluding tert-OH is 1. The van der Waals surface area contributed by atoms with Crippen molar-refractivity contribution in [1.82, 2.24) is 24.1 Å². The van der Waals surface area contributed by atoms with Crippen LogP contribution in [0.3, 0.4) is 0 Å². The number of aryl methyl sites for hydroxylation is 2. The lowest BCUT2D eigenvalue weighted by atomic mass is 10.4. The van der Waals surface area contributed by atoms with Gasteiger partial charge in [-0.2, -0.15) is 5.10 Å². The molecule has 0 spiro atoms. The van der Waals surface area contributed by atoms with Gasteiger partial charge in [-0.1, -0.05) is 0 Å². The first kappa shape index (κ1) is 15.7. The van der Waals surface area contributed by atoms with E-state index < -0.39 is 10.0 Å². The van der Waals surface area contributed by atoms with E-state index in [-0.39, 0.29) is 18.0 Å². The molecule has 9 heteroatoms. The summed E-state index contributed by atoms with van der Waals surface area (Å²) in [6.07, 6.45) is 3.51. The number of nitrogens with one attached hydrogen (secondary N) is 1. The maximum atomic E-state index is 12.2. The molecule has 0 bridgehead atoms. The van der Waals surface area contributed by atoms with E-state index in [9.17, 15) is 13.5 Å². The molecule has 2 aromatic heterocycles. The fraction of sp³-hybridized carbons (Fsp3) is 0.500. The van der Waals surface area contributed by atoms with Crippen LogP contribution in [0.2, 0.25) is 0 Å². The van der Waals surface area contributed by atoms with E-state index in [1.165, 1.54) is 12.3 Å². The topological polar surface area (TPSA) is 102 Å². The van der Waals surface area contributed by atoms with Gasteiger partial charge in [0.25, 0.3) is 0 Å². The summed E-state index contributed by atoms with van der Waals surface area (Å²) in [6.45, 7) is 2.51. The number of aliphatic hydroxyl groups is 1. The van der Waals surface area contributed by atoms with Crippen LogP contribution in [0.25, 0.3) is 0 Å². The van der Waals surface area contributed by atoms with Crippen LogP contribution in [0, 0.1) is 0 Å². The van der Waals surface area contributed by atoms with Crippen LogP contribution in [0.15, 0.2) is 23.5 Å². The molecule has 116 valence electrons. The van der Waals surface area contributed by atoms with Gasteiger partial charge in [-0.25, -0.2) is 18.1 Å². The van der Waals surface area contributed by atoms with Gasteiger partial charge in [0, 0.05) is 38.4 Å². The molecule has 0 saturated carbocycles. The summed E-state index contributed by atoms with van der Waals surface area (Å²) < 4.78 is 30.1. The summed E-state index contributed by atoms with van der Waals surface area (Å²) in [7, 11) is -1.84. The van der Waals surface area contributed by atoms with Gasteiger partial charge in [0.1, 0.15) is 6.33 Å². The van der Waals surface area contributed by atoms with Crippen molar-refractivity contribution in [3.8, 4) is 0 Å². The summed E-state index contributed by atoms with van der Waals surface area (Å²) in [5, 5.41) is 13.3. The quantitative estimate of drug-likeness (QED) is 0.727. The van der Waals surface area contributed by atoms with E-state index in [1.807, 2.05) is 6.92 Å². The predicted octanol–water partition coefficient (Wildman–Crippen LogP) is -0.350. The molecule has 0 aliphatic carbocycles. The van der Waals surface area contributed by atoms with Crippen LogP contribution < -0.4 is 4.72 Å². The standard InChI is InChI=1S/C12H19N5O3S/c1-3-17-7-11(6-10(17)8-18)21(19,20)14-5-4-12-13-9-16(2)15-12/h6-7,9,14,18H,3-5,8H2,1-2H3. The molecule has 2 aromatic rings. The highest BCUT2D eigenvalue weighted by molar-refractivity contribution is 7.89. The van der Waals surface area contributed by atoms with Crippen molar-refractivity contribution in [3.63, 3.8) is 0 Å². The Morgan fingerprint density at radius 2 is 2.19 bits per heavy atom. The zero-order valence-corrected chi connectivity index (χ0v) is 12.8. The van der Waals surface area contributed by atoms with Crippen molar-refractivity contribution >= 4 is 10.0 Å². The average Bonchev–Trinajstić information content (AvgIpc) is 3.04. The minimum Gasteiger partial charge on any atom is -0.390 e. The van der Waals surface area contributed by atoms with E-state index in [0.29, 0.717) is 24.5 Å². The highest BCUT2D eigenvalue weighted by Crippen LogP contribution is 2.14. The molecule has 21 heavy (non-hydrogen) atoms. The van der Waals surface area contributed by atoms with Gasteiger partial charge < -0.3 is 9.67 Å². The lowest BCUT2D eigenvalue weighted by molar-refractivity contribution is 0.271. The Morgan fingerprint density at radius 3 is 2.71 bits per heavy atom. The van der Waals surface area contributed by atoms with E-state index in [2.05, 4.69) is 14.8 Å². The monoisotopic (exact) mass is 313 g/mol. The Balaban J connectivity index is 2.02. The van der Waals surface area contributed by atoms with Crippen LogP contribution in [-0.2, 0) is 36.6 Å². The third-order valence-corrected chi connectivity index (χ3v) is 4.49. The Labute approximate surface area is 123 Å². The minimum atomic E-state index is -3.59. The highest BCUT2D eigenvalue weighted by atomic mass is 32.2. The lowest BCUT2D eigenvalue weighted by Gasteiger charge is -2.03. The number of aromatic nitrogens is 4.